The lowest BCUT2D eigenvalue weighted by molar-refractivity contribution is -0.118. The van der Waals surface area contributed by atoms with Gasteiger partial charge >= 0.3 is 0 Å². The number of amides is 1. The molecule has 0 spiro atoms. The molecule has 0 bridgehead atoms. The predicted molar refractivity (Wildman–Crippen MR) is 105 cm³/mol. The maximum atomic E-state index is 12.6. The second kappa shape index (κ2) is 7.62. The van der Waals surface area contributed by atoms with Crippen LogP contribution >= 0.6 is 0 Å². The molecule has 0 fully saturated rings. The topological polar surface area (TPSA) is 54.5 Å². The van der Waals surface area contributed by atoms with Gasteiger partial charge in [0.25, 0.3) is 0 Å². The fraction of sp³-hybridized carbons (Fsp3) is 0.381. The van der Waals surface area contributed by atoms with Crippen molar-refractivity contribution < 1.29 is 13.2 Å². The molecule has 4 nitrogen and oxygen atoms in total. The summed E-state index contributed by atoms with van der Waals surface area (Å²) in [6.45, 7) is 4.72. The zero-order valence-corrected chi connectivity index (χ0v) is 16.2. The summed E-state index contributed by atoms with van der Waals surface area (Å²) in [6, 6.07) is 13.3. The molecule has 138 valence electrons. The van der Waals surface area contributed by atoms with Gasteiger partial charge in [0.1, 0.15) is 0 Å². The van der Waals surface area contributed by atoms with E-state index in [0.717, 1.165) is 34.4 Å². The molecule has 1 heterocycles. The van der Waals surface area contributed by atoms with E-state index in [4.69, 9.17) is 0 Å². The van der Waals surface area contributed by atoms with E-state index in [9.17, 15) is 13.2 Å². The average Bonchev–Trinajstić information content (AvgIpc) is 2.57. The van der Waals surface area contributed by atoms with E-state index >= 15 is 0 Å². The molecule has 0 aromatic heterocycles. The quantitative estimate of drug-likeness (QED) is 0.776. The number of carbonyl (C=O) groups excluding carboxylic acids is 1. The van der Waals surface area contributed by atoms with Gasteiger partial charge in [-0.15, -0.1) is 0 Å². The first kappa shape index (κ1) is 18.6. The average molecular weight is 372 g/mol. The molecule has 1 aliphatic rings. The molecule has 0 aliphatic carbocycles. The molecule has 0 saturated heterocycles. The van der Waals surface area contributed by atoms with Crippen LogP contribution < -0.4 is 4.90 Å². The van der Waals surface area contributed by atoms with E-state index in [2.05, 4.69) is 0 Å². The van der Waals surface area contributed by atoms with E-state index < -0.39 is 9.84 Å². The van der Waals surface area contributed by atoms with Gasteiger partial charge in [0, 0.05) is 18.7 Å². The van der Waals surface area contributed by atoms with Crippen molar-refractivity contribution >= 4 is 21.4 Å². The molecule has 0 radical (unpaired) electrons. The number of benzene rings is 2. The SMILES string of the molecule is CCCN1C(=O)CCc2cc(CS(=O)(=O)Cc3cccc(C)c3)ccc21. The van der Waals surface area contributed by atoms with Crippen molar-refractivity contribution in [1.82, 2.24) is 0 Å². The summed E-state index contributed by atoms with van der Waals surface area (Å²) in [7, 11) is -3.25. The van der Waals surface area contributed by atoms with E-state index in [0.29, 0.717) is 19.4 Å². The summed E-state index contributed by atoms with van der Waals surface area (Å²) < 4.78 is 25.2. The molecule has 0 unspecified atom stereocenters. The number of rotatable bonds is 6. The number of anilines is 1. The highest BCUT2D eigenvalue weighted by Crippen LogP contribution is 2.29. The summed E-state index contributed by atoms with van der Waals surface area (Å²) in [5.74, 6) is 0.224. The van der Waals surface area contributed by atoms with Crippen LogP contribution in [0.1, 0.15) is 42.0 Å². The predicted octanol–water partition coefficient (Wildman–Crippen LogP) is 3.80. The Bertz CT molecular complexity index is 919. The summed E-state index contributed by atoms with van der Waals surface area (Å²) in [4.78, 5) is 13.9. The molecule has 1 aliphatic heterocycles. The van der Waals surface area contributed by atoms with Crippen LogP contribution in [0.5, 0.6) is 0 Å². The lowest BCUT2D eigenvalue weighted by Gasteiger charge is -2.29. The zero-order chi connectivity index (χ0) is 18.7. The molecular formula is C21H25NO3S. The Hall–Kier alpha value is -2.14. The monoisotopic (exact) mass is 371 g/mol. The highest BCUT2D eigenvalue weighted by molar-refractivity contribution is 7.89. The van der Waals surface area contributed by atoms with E-state index in [1.165, 1.54) is 0 Å². The highest BCUT2D eigenvalue weighted by Gasteiger charge is 2.24. The third kappa shape index (κ3) is 4.33. The van der Waals surface area contributed by atoms with Gasteiger partial charge in [0.15, 0.2) is 9.84 Å². The Labute approximate surface area is 155 Å². The molecule has 5 heteroatoms. The van der Waals surface area contributed by atoms with Gasteiger partial charge in [-0.2, -0.15) is 0 Å². The number of sulfone groups is 1. The molecule has 2 aromatic carbocycles. The third-order valence-corrected chi connectivity index (χ3v) is 6.19. The van der Waals surface area contributed by atoms with Gasteiger partial charge in [0.05, 0.1) is 11.5 Å². The van der Waals surface area contributed by atoms with Gasteiger partial charge < -0.3 is 4.90 Å². The van der Waals surface area contributed by atoms with E-state index in [-0.39, 0.29) is 17.4 Å². The third-order valence-electron chi connectivity index (χ3n) is 4.65. The Kier molecular flexibility index (Phi) is 5.47. The van der Waals surface area contributed by atoms with Crippen molar-refractivity contribution in [2.24, 2.45) is 0 Å². The van der Waals surface area contributed by atoms with Crippen molar-refractivity contribution in [3.8, 4) is 0 Å². The first-order valence-corrected chi connectivity index (χ1v) is 10.9. The lowest BCUT2D eigenvalue weighted by atomic mass is 9.99. The number of aryl methyl sites for hydroxylation is 2. The number of carbonyl (C=O) groups is 1. The number of hydrogen-bond donors (Lipinski definition) is 0. The summed E-state index contributed by atoms with van der Waals surface area (Å²) in [5.41, 5.74) is 4.68. The van der Waals surface area contributed by atoms with Crippen molar-refractivity contribution in [2.45, 2.75) is 44.6 Å². The van der Waals surface area contributed by atoms with Crippen LogP contribution in [-0.4, -0.2) is 20.9 Å². The lowest BCUT2D eigenvalue weighted by Crippen LogP contribution is -2.35. The normalized spacial score (nSPS) is 14.4. The van der Waals surface area contributed by atoms with Crippen LogP contribution in [0.25, 0.3) is 0 Å². The Morgan fingerprint density at radius 2 is 1.73 bits per heavy atom. The largest absolute Gasteiger partial charge is 0.312 e. The van der Waals surface area contributed by atoms with Gasteiger partial charge in [-0.3, -0.25) is 4.79 Å². The molecule has 0 atom stereocenters. The molecular weight excluding hydrogens is 346 g/mol. The molecule has 3 rings (SSSR count). The Balaban J connectivity index is 1.79. The van der Waals surface area contributed by atoms with Gasteiger partial charge in [0.2, 0.25) is 5.91 Å². The minimum atomic E-state index is -3.25. The summed E-state index contributed by atoms with van der Waals surface area (Å²) in [5, 5.41) is 0. The highest BCUT2D eigenvalue weighted by atomic mass is 32.2. The van der Waals surface area contributed by atoms with Crippen LogP contribution in [0.2, 0.25) is 0 Å². The first-order chi connectivity index (χ1) is 12.4. The minimum absolute atomic E-state index is 0.0238. The smallest absolute Gasteiger partial charge is 0.227 e. The van der Waals surface area contributed by atoms with E-state index in [1.807, 2.05) is 61.2 Å². The van der Waals surface area contributed by atoms with Crippen molar-refractivity contribution in [3.05, 3.63) is 64.7 Å². The maximum Gasteiger partial charge on any atom is 0.227 e. The fourth-order valence-electron chi connectivity index (χ4n) is 3.53. The second-order valence-electron chi connectivity index (χ2n) is 7.03. The second-order valence-corrected chi connectivity index (χ2v) is 9.09. The first-order valence-electron chi connectivity index (χ1n) is 9.06. The molecule has 0 saturated carbocycles. The maximum absolute atomic E-state index is 12.6. The van der Waals surface area contributed by atoms with Crippen LogP contribution in [-0.2, 0) is 32.6 Å². The number of hydrogen-bond acceptors (Lipinski definition) is 3. The summed E-state index contributed by atoms with van der Waals surface area (Å²) >= 11 is 0. The molecule has 1 amide bonds. The standard InChI is InChI=1S/C21H25NO3S/c1-3-11-22-20-9-7-18(13-19(20)8-10-21(22)23)15-26(24,25)14-17-6-4-5-16(2)12-17/h4-7,9,12-13H,3,8,10-11,14-15H2,1-2H3. The van der Waals surface area contributed by atoms with Crippen LogP contribution in [0.3, 0.4) is 0 Å². The van der Waals surface area contributed by atoms with Crippen molar-refractivity contribution in [2.75, 3.05) is 11.4 Å². The fourth-order valence-corrected chi connectivity index (χ4v) is 5.01. The van der Waals surface area contributed by atoms with Gasteiger partial charge in [-0.1, -0.05) is 48.9 Å². The molecule has 0 N–H and O–H groups in total. The van der Waals surface area contributed by atoms with Crippen molar-refractivity contribution in [3.63, 3.8) is 0 Å². The summed E-state index contributed by atoms with van der Waals surface area (Å²) in [6.07, 6.45) is 2.07. The van der Waals surface area contributed by atoms with Gasteiger partial charge in [-0.05, 0) is 42.5 Å². The molecule has 26 heavy (non-hydrogen) atoms. The van der Waals surface area contributed by atoms with Crippen LogP contribution in [0.15, 0.2) is 42.5 Å². The minimum Gasteiger partial charge on any atom is -0.312 e. The van der Waals surface area contributed by atoms with E-state index in [1.54, 1.807) is 0 Å². The Morgan fingerprint density at radius 3 is 2.42 bits per heavy atom. The Morgan fingerprint density at radius 1 is 1.00 bits per heavy atom. The number of fused-ring (bicyclic) bond motifs is 1. The van der Waals surface area contributed by atoms with Crippen LogP contribution in [0.4, 0.5) is 5.69 Å². The molecule has 2 aromatic rings. The zero-order valence-electron chi connectivity index (χ0n) is 15.4. The van der Waals surface area contributed by atoms with Gasteiger partial charge in [-0.25, -0.2) is 8.42 Å². The van der Waals surface area contributed by atoms with Crippen LogP contribution in [0, 0.1) is 6.92 Å². The number of nitrogens with zero attached hydrogens (tertiary/aromatic N) is 1. The van der Waals surface area contributed by atoms with Crippen molar-refractivity contribution in [1.29, 1.82) is 0 Å².